The molecule has 5 atom stereocenters. The van der Waals surface area contributed by atoms with Crippen molar-refractivity contribution in [2.45, 2.75) is 30.7 Å². The average Bonchev–Trinajstić information content (AvgIpc) is 2.98. The van der Waals surface area contributed by atoms with E-state index in [1.807, 2.05) is 0 Å². The summed E-state index contributed by atoms with van der Waals surface area (Å²) in [5.41, 5.74) is 0.533. The summed E-state index contributed by atoms with van der Waals surface area (Å²) < 4.78 is 16.9. The normalized spacial score (nSPS) is 30.8. The Hall–Kier alpha value is -3.18. The Balaban J connectivity index is 1.76. The third kappa shape index (κ3) is 3.46. The minimum absolute atomic E-state index is 0.0177. The topological polar surface area (TPSA) is 169 Å². The molecule has 0 spiro atoms. The maximum atomic E-state index is 10.2. The van der Waals surface area contributed by atoms with Crippen molar-refractivity contribution in [3.8, 4) is 11.5 Å². The van der Waals surface area contributed by atoms with Crippen molar-refractivity contribution in [1.82, 2.24) is 0 Å². The number of fused-ring (bicyclic) bond motifs is 1. The van der Waals surface area contributed by atoms with Gasteiger partial charge in [-0.2, -0.15) is 0 Å². The Morgan fingerprint density at radius 2 is 1.73 bits per heavy atom. The number of aliphatic hydroxyl groups excluding tert-OH is 5. The molecular formula is C20H20O10. The highest BCUT2D eigenvalue weighted by molar-refractivity contribution is 5.70. The molecule has 0 amide bonds. The Morgan fingerprint density at radius 3 is 2.40 bits per heavy atom. The molecule has 1 aliphatic carbocycles. The van der Waals surface area contributed by atoms with Crippen LogP contribution >= 0.6 is 0 Å². The highest BCUT2D eigenvalue weighted by Crippen LogP contribution is 2.39. The molecule has 2 heterocycles. The molecule has 1 unspecified atom stereocenters. The fourth-order valence-electron chi connectivity index (χ4n) is 3.36. The number of hydrogen-bond acceptors (Lipinski definition) is 10. The summed E-state index contributed by atoms with van der Waals surface area (Å²) >= 11 is 0. The number of aromatic hydroxyl groups is 2. The summed E-state index contributed by atoms with van der Waals surface area (Å²) in [5.74, 6) is -1.22. The quantitative estimate of drug-likeness (QED) is 0.339. The Bertz CT molecular complexity index is 976. The number of phenolic OH excluding ortho intramolecular Hbond substituents is 2. The molecule has 2 aliphatic heterocycles. The Labute approximate surface area is 170 Å². The second-order valence-electron chi connectivity index (χ2n) is 6.98. The van der Waals surface area contributed by atoms with Crippen LogP contribution in [0, 0.1) is 0 Å². The Kier molecular flexibility index (Phi) is 5.08. The van der Waals surface area contributed by atoms with Crippen LogP contribution in [0.4, 0.5) is 0 Å². The van der Waals surface area contributed by atoms with Gasteiger partial charge in [0, 0.05) is 23.3 Å². The molecule has 160 valence electrons. The van der Waals surface area contributed by atoms with Crippen molar-refractivity contribution >= 4 is 5.76 Å². The van der Waals surface area contributed by atoms with E-state index in [1.165, 1.54) is 30.4 Å². The van der Waals surface area contributed by atoms with Gasteiger partial charge in [0.2, 0.25) is 6.29 Å². The van der Waals surface area contributed by atoms with Crippen LogP contribution < -0.4 is 0 Å². The molecule has 0 bridgehead atoms. The van der Waals surface area contributed by atoms with Crippen molar-refractivity contribution in [3.05, 3.63) is 64.8 Å². The zero-order valence-corrected chi connectivity index (χ0v) is 15.4. The molecule has 0 radical (unpaired) electrons. The molecule has 1 aromatic rings. The van der Waals surface area contributed by atoms with E-state index in [4.69, 9.17) is 14.2 Å². The van der Waals surface area contributed by atoms with Crippen molar-refractivity contribution in [2.75, 3.05) is 6.61 Å². The third-order valence-electron chi connectivity index (χ3n) is 4.94. The lowest BCUT2D eigenvalue weighted by atomic mass is 9.97. The predicted octanol–water partition coefficient (Wildman–Crippen LogP) is 0.445. The molecule has 10 nitrogen and oxygen atoms in total. The first-order valence-corrected chi connectivity index (χ1v) is 9.04. The molecule has 1 fully saturated rings. The fraction of sp³-hybridized carbons (Fsp3) is 0.300. The molecule has 0 saturated carbocycles. The molecule has 30 heavy (non-hydrogen) atoms. The van der Waals surface area contributed by atoms with E-state index in [9.17, 15) is 35.7 Å². The van der Waals surface area contributed by atoms with Gasteiger partial charge in [0.25, 0.3) is 0 Å². The first kappa shape index (κ1) is 20.1. The van der Waals surface area contributed by atoms with Crippen LogP contribution in [-0.2, 0) is 14.2 Å². The second kappa shape index (κ2) is 7.58. The van der Waals surface area contributed by atoms with E-state index in [1.54, 1.807) is 0 Å². The summed E-state index contributed by atoms with van der Waals surface area (Å²) in [5, 5.41) is 68.7. The van der Waals surface area contributed by atoms with E-state index >= 15 is 0 Å². The standard InChI is InChI=1S/C20H20O10/c21-7-16-17(26)18(27)20(30-16)29-15-6-10-12(24)4-9(22)5-14(10)28-19(15)8-1-2-11(23)13(25)3-8/h1-6,14,16-18,20-27H,7H2/t14?,16-,17+,18-,20-/m1/s1. The van der Waals surface area contributed by atoms with Gasteiger partial charge in [-0.3, -0.25) is 0 Å². The molecule has 4 rings (SSSR count). The smallest absolute Gasteiger partial charge is 0.229 e. The fourth-order valence-corrected chi connectivity index (χ4v) is 3.36. The zero-order valence-electron chi connectivity index (χ0n) is 15.4. The van der Waals surface area contributed by atoms with Crippen LogP contribution in [-0.4, -0.2) is 73.1 Å². The summed E-state index contributed by atoms with van der Waals surface area (Å²) in [6, 6.07) is 3.88. The van der Waals surface area contributed by atoms with Crippen molar-refractivity contribution < 1.29 is 50.0 Å². The van der Waals surface area contributed by atoms with E-state index in [2.05, 4.69) is 0 Å². The monoisotopic (exact) mass is 420 g/mol. The number of phenols is 2. The van der Waals surface area contributed by atoms with Gasteiger partial charge < -0.3 is 50.0 Å². The van der Waals surface area contributed by atoms with Gasteiger partial charge in [0.05, 0.1) is 6.61 Å². The molecule has 1 saturated heterocycles. The summed E-state index contributed by atoms with van der Waals surface area (Å²) in [6.45, 7) is -0.539. The number of rotatable bonds is 4. The van der Waals surface area contributed by atoms with Gasteiger partial charge in [-0.15, -0.1) is 0 Å². The van der Waals surface area contributed by atoms with Crippen LogP contribution in [0.1, 0.15) is 5.56 Å². The molecule has 7 N–H and O–H groups in total. The number of benzene rings is 1. The number of allylic oxidation sites excluding steroid dienone is 2. The SMILES string of the molecule is OC[C@H]1O[C@@H](OC2=C(c3ccc(O)c(O)c3)OC3C=C(O)C=C(O)C3=C2)[C@H](O)[C@H]1O. The molecule has 0 aromatic heterocycles. The number of aliphatic hydroxyl groups is 5. The lowest BCUT2D eigenvalue weighted by Gasteiger charge is -2.30. The summed E-state index contributed by atoms with van der Waals surface area (Å²) in [7, 11) is 0. The molecular weight excluding hydrogens is 400 g/mol. The molecule has 3 aliphatic rings. The van der Waals surface area contributed by atoms with Crippen LogP contribution in [0.2, 0.25) is 0 Å². The average molecular weight is 420 g/mol. The first-order valence-electron chi connectivity index (χ1n) is 9.04. The highest BCUT2D eigenvalue weighted by atomic mass is 16.7. The Morgan fingerprint density at radius 1 is 0.967 bits per heavy atom. The van der Waals surface area contributed by atoms with Crippen molar-refractivity contribution in [1.29, 1.82) is 0 Å². The van der Waals surface area contributed by atoms with Crippen LogP contribution in [0.5, 0.6) is 11.5 Å². The lowest BCUT2D eigenvalue weighted by molar-refractivity contribution is -0.145. The summed E-state index contributed by atoms with van der Waals surface area (Å²) in [6.07, 6.45) is -2.28. The van der Waals surface area contributed by atoms with Gasteiger partial charge in [0.15, 0.2) is 23.0 Å². The van der Waals surface area contributed by atoms with Crippen LogP contribution in [0.3, 0.4) is 0 Å². The highest BCUT2D eigenvalue weighted by Gasteiger charge is 2.45. The minimum atomic E-state index is -1.47. The van der Waals surface area contributed by atoms with E-state index in [0.717, 1.165) is 6.08 Å². The number of hydrogen-bond donors (Lipinski definition) is 7. The number of ether oxygens (including phenoxy) is 3. The maximum absolute atomic E-state index is 10.2. The van der Waals surface area contributed by atoms with Gasteiger partial charge in [0.1, 0.15) is 35.9 Å². The maximum Gasteiger partial charge on any atom is 0.229 e. The van der Waals surface area contributed by atoms with E-state index in [0.29, 0.717) is 0 Å². The third-order valence-corrected chi connectivity index (χ3v) is 4.94. The van der Waals surface area contributed by atoms with Gasteiger partial charge in [-0.05, 0) is 24.3 Å². The van der Waals surface area contributed by atoms with Gasteiger partial charge in [-0.25, -0.2) is 0 Å². The van der Waals surface area contributed by atoms with Crippen molar-refractivity contribution in [3.63, 3.8) is 0 Å². The zero-order chi connectivity index (χ0) is 21.6. The second-order valence-corrected chi connectivity index (χ2v) is 6.98. The first-order chi connectivity index (χ1) is 14.3. The van der Waals surface area contributed by atoms with Crippen molar-refractivity contribution in [2.24, 2.45) is 0 Å². The lowest BCUT2D eigenvalue weighted by Crippen LogP contribution is -2.34. The largest absolute Gasteiger partial charge is 0.508 e. The molecule has 1 aromatic carbocycles. The van der Waals surface area contributed by atoms with Gasteiger partial charge >= 0.3 is 0 Å². The van der Waals surface area contributed by atoms with E-state index < -0.39 is 43.1 Å². The predicted molar refractivity (Wildman–Crippen MR) is 99.9 cm³/mol. The van der Waals surface area contributed by atoms with Gasteiger partial charge in [-0.1, -0.05) is 0 Å². The molecule has 10 heteroatoms. The van der Waals surface area contributed by atoms with Crippen LogP contribution in [0.15, 0.2) is 59.3 Å². The summed E-state index contributed by atoms with van der Waals surface area (Å²) in [4.78, 5) is 0. The minimum Gasteiger partial charge on any atom is -0.508 e. The van der Waals surface area contributed by atoms with Crippen LogP contribution in [0.25, 0.3) is 5.76 Å². The van der Waals surface area contributed by atoms with E-state index in [-0.39, 0.29) is 39.9 Å².